The number of hydrogen-bond donors (Lipinski definition) is 2. The van der Waals surface area contributed by atoms with Crippen LogP contribution in [0.5, 0.6) is 0 Å². The number of aliphatic carboxylic acids is 1. The number of benzene rings is 2. The summed E-state index contributed by atoms with van der Waals surface area (Å²) in [6.45, 7) is 1.25. The Balaban J connectivity index is 1.35. The second-order valence-corrected chi connectivity index (χ2v) is 9.38. The minimum atomic E-state index is -1.16. The lowest BCUT2D eigenvalue weighted by Crippen LogP contribution is -2.42. The van der Waals surface area contributed by atoms with Crippen LogP contribution >= 0.6 is 23.2 Å². The smallest absolute Gasteiger partial charge is 0.326 e. The average molecular weight is 527 g/mol. The van der Waals surface area contributed by atoms with Crippen molar-refractivity contribution in [3.05, 3.63) is 93.5 Å². The Morgan fingerprint density at radius 3 is 2.28 bits per heavy atom. The molecule has 0 aliphatic carbocycles. The van der Waals surface area contributed by atoms with Gasteiger partial charge < -0.3 is 15.3 Å². The van der Waals surface area contributed by atoms with Gasteiger partial charge in [-0.05, 0) is 42.0 Å². The maximum atomic E-state index is 12.6. The molecule has 1 aliphatic heterocycles. The fraction of sp³-hybridized carbons (Fsp3) is 0.269. The van der Waals surface area contributed by atoms with Crippen molar-refractivity contribution in [2.45, 2.75) is 31.2 Å². The van der Waals surface area contributed by atoms with E-state index in [1.54, 1.807) is 11.0 Å². The van der Waals surface area contributed by atoms with E-state index in [2.05, 4.69) is 15.3 Å². The molecule has 1 aromatic heterocycles. The van der Waals surface area contributed by atoms with Crippen LogP contribution in [0.15, 0.2) is 61.1 Å². The molecule has 10 heteroatoms. The molecule has 1 atom stereocenters. The van der Waals surface area contributed by atoms with E-state index >= 15 is 0 Å². The van der Waals surface area contributed by atoms with Crippen molar-refractivity contribution in [1.29, 1.82) is 0 Å². The number of carbonyl (C=O) groups excluding carboxylic acids is 2. The molecule has 2 aromatic carbocycles. The Bertz CT molecular complexity index is 1230. The van der Waals surface area contributed by atoms with Crippen molar-refractivity contribution in [1.82, 2.24) is 20.2 Å². The van der Waals surface area contributed by atoms with Crippen LogP contribution in [0, 0.1) is 0 Å². The molecular weight excluding hydrogens is 503 g/mol. The molecule has 2 N–H and O–H groups in total. The summed E-state index contributed by atoms with van der Waals surface area (Å²) in [7, 11) is 0. The third-order valence-electron chi connectivity index (χ3n) is 6.25. The van der Waals surface area contributed by atoms with Crippen LogP contribution in [0.25, 0.3) is 0 Å². The predicted octanol–water partition coefficient (Wildman–Crippen LogP) is 4.23. The van der Waals surface area contributed by atoms with Crippen LogP contribution in [0.3, 0.4) is 0 Å². The standard InChI is InChI=1S/C26H24Cl2N4O4/c27-19-2-1-3-20(28)23(19)24(33)31-21(26(35)36)14-16-4-6-17(7-5-16)18-8-12-32(13-9-18)25(34)22-15-29-10-11-30-22/h1-7,10-11,15,18,21H,8-9,12-14H2,(H,31,33)(H,35,36)/t21-/m0/s1. The summed E-state index contributed by atoms with van der Waals surface area (Å²) in [4.78, 5) is 46.9. The molecule has 0 saturated carbocycles. The first-order valence-corrected chi connectivity index (χ1v) is 12.2. The quantitative estimate of drug-likeness (QED) is 0.476. The topological polar surface area (TPSA) is 112 Å². The first kappa shape index (κ1) is 25.6. The van der Waals surface area contributed by atoms with E-state index < -0.39 is 17.9 Å². The summed E-state index contributed by atoms with van der Waals surface area (Å²) < 4.78 is 0. The predicted molar refractivity (Wildman–Crippen MR) is 135 cm³/mol. The zero-order valence-electron chi connectivity index (χ0n) is 19.2. The number of hydrogen-bond acceptors (Lipinski definition) is 5. The molecule has 2 amide bonds. The Kier molecular flexibility index (Phi) is 8.18. The van der Waals surface area contributed by atoms with Gasteiger partial charge in [-0.25, -0.2) is 9.78 Å². The molecule has 36 heavy (non-hydrogen) atoms. The van der Waals surface area contributed by atoms with E-state index in [9.17, 15) is 19.5 Å². The van der Waals surface area contributed by atoms with Crippen molar-refractivity contribution < 1.29 is 19.5 Å². The third kappa shape index (κ3) is 6.01. The maximum absolute atomic E-state index is 12.6. The molecule has 2 heterocycles. The average Bonchev–Trinajstić information content (AvgIpc) is 2.89. The summed E-state index contributed by atoms with van der Waals surface area (Å²) in [6.07, 6.45) is 6.26. The van der Waals surface area contributed by atoms with Crippen molar-refractivity contribution in [2.75, 3.05) is 13.1 Å². The number of rotatable bonds is 7. The number of carboxylic acids is 1. The van der Waals surface area contributed by atoms with E-state index in [1.807, 2.05) is 24.3 Å². The Hall–Kier alpha value is -3.49. The molecule has 4 rings (SSSR count). The summed E-state index contributed by atoms with van der Waals surface area (Å²) >= 11 is 12.2. The maximum Gasteiger partial charge on any atom is 0.326 e. The minimum absolute atomic E-state index is 0.0477. The summed E-state index contributed by atoms with van der Waals surface area (Å²) in [5.74, 6) is -1.62. The van der Waals surface area contributed by atoms with Crippen LogP contribution in [0.1, 0.15) is 50.7 Å². The van der Waals surface area contributed by atoms with Crippen LogP contribution in [-0.2, 0) is 11.2 Å². The fourth-order valence-electron chi connectivity index (χ4n) is 4.29. The SMILES string of the molecule is O=C(N[C@@H](Cc1ccc(C2CCN(C(=O)c3cnccn3)CC2)cc1)C(=O)O)c1c(Cl)cccc1Cl. The highest BCUT2D eigenvalue weighted by Crippen LogP contribution is 2.29. The zero-order chi connectivity index (χ0) is 25.7. The lowest BCUT2D eigenvalue weighted by Gasteiger charge is -2.32. The molecule has 0 spiro atoms. The van der Waals surface area contributed by atoms with Crippen LogP contribution in [0.2, 0.25) is 10.0 Å². The first-order chi connectivity index (χ1) is 17.3. The van der Waals surface area contributed by atoms with E-state index in [0.717, 1.165) is 24.0 Å². The highest BCUT2D eigenvalue weighted by atomic mass is 35.5. The molecule has 0 bridgehead atoms. The van der Waals surface area contributed by atoms with Crippen molar-refractivity contribution >= 4 is 41.0 Å². The van der Waals surface area contributed by atoms with Gasteiger partial charge in [-0.15, -0.1) is 0 Å². The summed E-state index contributed by atoms with van der Waals surface area (Å²) in [5.41, 5.74) is 2.29. The minimum Gasteiger partial charge on any atom is -0.480 e. The second kappa shape index (κ2) is 11.5. The number of likely N-dealkylation sites (tertiary alicyclic amines) is 1. The van der Waals surface area contributed by atoms with Gasteiger partial charge in [0, 0.05) is 31.9 Å². The van der Waals surface area contributed by atoms with Gasteiger partial charge in [0.25, 0.3) is 11.8 Å². The fourth-order valence-corrected chi connectivity index (χ4v) is 4.86. The highest BCUT2D eigenvalue weighted by molar-refractivity contribution is 6.39. The monoisotopic (exact) mass is 526 g/mol. The van der Waals surface area contributed by atoms with Crippen LogP contribution in [0.4, 0.5) is 0 Å². The molecule has 186 valence electrons. The summed E-state index contributed by atoms with van der Waals surface area (Å²) in [6, 6.07) is 11.2. The number of nitrogens with zero attached hydrogens (tertiary/aromatic N) is 3. The Morgan fingerprint density at radius 1 is 1.03 bits per heavy atom. The molecule has 1 saturated heterocycles. The third-order valence-corrected chi connectivity index (χ3v) is 6.88. The molecule has 1 aliphatic rings. The molecule has 0 radical (unpaired) electrons. The van der Waals surface area contributed by atoms with Gasteiger partial charge in [0.1, 0.15) is 11.7 Å². The Labute approximate surface area is 218 Å². The van der Waals surface area contributed by atoms with Gasteiger partial charge in [0.2, 0.25) is 0 Å². The van der Waals surface area contributed by atoms with Crippen LogP contribution < -0.4 is 5.32 Å². The van der Waals surface area contributed by atoms with Gasteiger partial charge in [0.05, 0.1) is 21.8 Å². The number of carboxylic acid groups (broad SMARTS) is 1. The lowest BCUT2D eigenvalue weighted by atomic mass is 9.88. The number of amides is 2. The molecule has 0 unspecified atom stereocenters. The molecule has 8 nitrogen and oxygen atoms in total. The number of halogens is 2. The first-order valence-electron chi connectivity index (χ1n) is 11.4. The number of aromatic nitrogens is 2. The van der Waals surface area contributed by atoms with Crippen molar-refractivity contribution in [2.24, 2.45) is 0 Å². The van der Waals surface area contributed by atoms with Gasteiger partial charge in [-0.1, -0.05) is 53.5 Å². The van der Waals surface area contributed by atoms with E-state index in [1.165, 1.54) is 30.7 Å². The van der Waals surface area contributed by atoms with E-state index in [4.69, 9.17) is 23.2 Å². The second-order valence-electron chi connectivity index (χ2n) is 8.56. The van der Waals surface area contributed by atoms with Crippen molar-refractivity contribution in [3.63, 3.8) is 0 Å². The van der Waals surface area contributed by atoms with Gasteiger partial charge in [-0.3, -0.25) is 14.6 Å². The van der Waals surface area contributed by atoms with E-state index in [-0.39, 0.29) is 27.9 Å². The highest BCUT2D eigenvalue weighted by Gasteiger charge is 2.26. The van der Waals surface area contributed by atoms with Crippen molar-refractivity contribution in [3.8, 4) is 0 Å². The van der Waals surface area contributed by atoms with Gasteiger partial charge >= 0.3 is 5.97 Å². The molecule has 3 aromatic rings. The summed E-state index contributed by atoms with van der Waals surface area (Å²) in [5, 5.41) is 12.5. The number of nitrogens with one attached hydrogen (secondary N) is 1. The van der Waals surface area contributed by atoms with E-state index in [0.29, 0.717) is 24.7 Å². The van der Waals surface area contributed by atoms with Gasteiger partial charge in [0.15, 0.2) is 0 Å². The molecular formula is C26H24Cl2N4O4. The molecule has 1 fully saturated rings. The number of carbonyl (C=O) groups is 3. The number of piperidine rings is 1. The lowest BCUT2D eigenvalue weighted by molar-refractivity contribution is -0.139. The van der Waals surface area contributed by atoms with Gasteiger partial charge in [-0.2, -0.15) is 0 Å². The Morgan fingerprint density at radius 2 is 1.69 bits per heavy atom. The normalized spacial score (nSPS) is 14.8. The zero-order valence-corrected chi connectivity index (χ0v) is 20.7. The van der Waals surface area contributed by atoms with Crippen LogP contribution in [-0.4, -0.2) is 56.9 Å². The largest absolute Gasteiger partial charge is 0.480 e.